The second-order valence-corrected chi connectivity index (χ2v) is 6.29. The van der Waals surface area contributed by atoms with Gasteiger partial charge in [-0.15, -0.1) is 0 Å². The van der Waals surface area contributed by atoms with E-state index in [2.05, 4.69) is 13.8 Å². The van der Waals surface area contributed by atoms with E-state index >= 15 is 0 Å². The molecule has 1 heterocycles. The summed E-state index contributed by atoms with van der Waals surface area (Å²) in [6, 6.07) is 7.65. The second-order valence-electron chi connectivity index (χ2n) is 6.29. The number of para-hydroxylation sites is 1. The number of aliphatic carboxylic acids is 1. The maximum absolute atomic E-state index is 11.2. The van der Waals surface area contributed by atoms with Gasteiger partial charge in [-0.2, -0.15) is 0 Å². The van der Waals surface area contributed by atoms with E-state index in [1.165, 1.54) is 0 Å². The first-order chi connectivity index (χ1) is 9.93. The van der Waals surface area contributed by atoms with Crippen molar-refractivity contribution in [2.45, 2.75) is 44.6 Å². The van der Waals surface area contributed by atoms with Crippen molar-refractivity contribution >= 4 is 5.97 Å². The molecule has 0 saturated carbocycles. The van der Waals surface area contributed by atoms with Crippen LogP contribution in [0.4, 0.5) is 0 Å². The zero-order chi connectivity index (χ0) is 15.5. The van der Waals surface area contributed by atoms with Crippen LogP contribution in [0.2, 0.25) is 0 Å². The lowest BCUT2D eigenvalue weighted by molar-refractivity contribution is -0.306. The van der Waals surface area contributed by atoms with Crippen LogP contribution in [0.15, 0.2) is 24.3 Å². The average molecular weight is 291 g/mol. The van der Waals surface area contributed by atoms with Gasteiger partial charge in [0.1, 0.15) is 5.75 Å². The lowest BCUT2D eigenvalue weighted by Crippen LogP contribution is -2.38. The minimum absolute atomic E-state index is 0.0150. The van der Waals surface area contributed by atoms with Crippen molar-refractivity contribution in [3.8, 4) is 5.75 Å². The zero-order valence-electron chi connectivity index (χ0n) is 12.9. The van der Waals surface area contributed by atoms with Crippen molar-refractivity contribution in [3.63, 3.8) is 0 Å². The Kier molecular flexibility index (Phi) is 4.88. The number of carbonyl (C=O) groups excluding carboxylic acids is 1. The van der Waals surface area contributed by atoms with Crippen LogP contribution < -0.4 is 9.84 Å². The third kappa shape index (κ3) is 3.97. The lowest BCUT2D eigenvalue weighted by atomic mass is 9.75. The van der Waals surface area contributed by atoms with Crippen LogP contribution in [-0.2, 0) is 9.53 Å². The maximum atomic E-state index is 11.2. The van der Waals surface area contributed by atoms with E-state index in [4.69, 9.17) is 9.47 Å². The fourth-order valence-corrected chi connectivity index (χ4v) is 3.31. The highest BCUT2D eigenvalue weighted by molar-refractivity contribution is 5.66. The van der Waals surface area contributed by atoms with Gasteiger partial charge in [0.2, 0.25) is 0 Å². The number of carbonyl (C=O) groups is 1. The predicted octanol–water partition coefficient (Wildman–Crippen LogP) is 2.12. The minimum atomic E-state index is -1.02. The molecule has 0 unspecified atom stereocenters. The van der Waals surface area contributed by atoms with Crippen molar-refractivity contribution in [2.24, 2.45) is 5.92 Å². The van der Waals surface area contributed by atoms with Gasteiger partial charge in [0.15, 0.2) is 0 Å². The van der Waals surface area contributed by atoms with Gasteiger partial charge in [0.05, 0.1) is 12.7 Å². The molecule has 0 radical (unpaired) electrons. The number of benzene rings is 1. The Bertz CT molecular complexity index is 495. The summed E-state index contributed by atoms with van der Waals surface area (Å²) in [5, 5.41) is 11.2. The predicted molar refractivity (Wildman–Crippen MR) is 78.1 cm³/mol. The van der Waals surface area contributed by atoms with Crippen molar-refractivity contribution in [1.29, 1.82) is 0 Å². The molecular weight excluding hydrogens is 268 g/mol. The van der Waals surface area contributed by atoms with Gasteiger partial charge in [-0.1, -0.05) is 18.2 Å². The molecule has 0 amide bonds. The van der Waals surface area contributed by atoms with Crippen molar-refractivity contribution in [1.82, 2.24) is 0 Å². The van der Waals surface area contributed by atoms with Crippen LogP contribution in [0, 0.1) is 5.92 Å². The molecule has 116 valence electrons. The van der Waals surface area contributed by atoms with E-state index in [0.29, 0.717) is 6.61 Å². The van der Waals surface area contributed by atoms with Crippen LogP contribution in [0.3, 0.4) is 0 Å². The number of methoxy groups -OCH3 is 1. The highest BCUT2D eigenvalue weighted by Crippen LogP contribution is 2.42. The molecule has 21 heavy (non-hydrogen) atoms. The fourth-order valence-electron chi connectivity index (χ4n) is 3.31. The van der Waals surface area contributed by atoms with Crippen LogP contribution in [0.1, 0.15) is 44.6 Å². The molecule has 2 rings (SSSR count). The SMILES string of the molecule is COc1ccccc1[C@H](CC(=O)[O-])[C@H]1CCOC(C)(C)C1. The lowest BCUT2D eigenvalue weighted by Gasteiger charge is -2.40. The Labute approximate surface area is 126 Å². The first-order valence-electron chi connectivity index (χ1n) is 7.39. The van der Waals surface area contributed by atoms with Gasteiger partial charge in [-0.25, -0.2) is 0 Å². The van der Waals surface area contributed by atoms with Crippen molar-refractivity contribution < 1.29 is 19.4 Å². The number of rotatable bonds is 5. The van der Waals surface area contributed by atoms with Crippen LogP contribution in [0.25, 0.3) is 0 Å². The molecular formula is C17H23O4-. The van der Waals surface area contributed by atoms with E-state index in [1.54, 1.807) is 7.11 Å². The van der Waals surface area contributed by atoms with E-state index in [9.17, 15) is 9.90 Å². The molecule has 1 fully saturated rings. The standard InChI is InChI=1S/C17H24O4/c1-17(2)11-12(8-9-21-17)14(10-16(18)19)13-6-4-5-7-15(13)20-3/h4-7,12,14H,8-11H2,1-3H3,(H,18,19)/p-1/t12-,14+/m0/s1. The maximum Gasteiger partial charge on any atom is 0.122 e. The normalized spacial score (nSPS) is 22.5. The molecule has 1 aromatic carbocycles. The number of carboxylic acid groups (broad SMARTS) is 1. The zero-order valence-corrected chi connectivity index (χ0v) is 12.9. The van der Waals surface area contributed by atoms with E-state index in [-0.39, 0.29) is 23.9 Å². The summed E-state index contributed by atoms with van der Waals surface area (Å²) in [6.07, 6.45) is 1.71. The average Bonchev–Trinajstić information content (AvgIpc) is 2.43. The number of ether oxygens (including phenoxy) is 2. The Morgan fingerprint density at radius 1 is 1.48 bits per heavy atom. The Hall–Kier alpha value is -1.55. The minimum Gasteiger partial charge on any atom is -0.550 e. The molecule has 0 aliphatic carbocycles. The monoisotopic (exact) mass is 291 g/mol. The summed E-state index contributed by atoms with van der Waals surface area (Å²) in [5.41, 5.74) is 0.738. The van der Waals surface area contributed by atoms with Gasteiger partial charge < -0.3 is 19.4 Å². The van der Waals surface area contributed by atoms with Crippen LogP contribution in [0.5, 0.6) is 5.75 Å². The number of hydrogen-bond donors (Lipinski definition) is 0. The summed E-state index contributed by atoms with van der Waals surface area (Å²) in [5.74, 6) is -0.125. The number of carboxylic acids is 1. The van der Waals surface area contributed by atoms with Crippen molar-refractivity contribution in [3.05, 3.63) is 29.8 Å². The van der Waals surface area contributed by atoms with Gasteiger partial charge in [-0.05, 0) is 56.6 Å². The molecule has 0 aromatic heterocycles. The quantitative estimate of drug-likeness (QED) is 0.834. The molecule has 4 heteroatoms. The first-order valence-corrected chi connectivity index (χ1v) is 7.39. The molecule has 1 aromatic rings. The topological polar surface area (TPSA) is 58.6 Å². The van der Waals surface area contributed by atoms with Gasteiger partial charge in [0.25, 0.3) is 0 Å². The van der Waals surface area contributed by atoms with Gasteiger partial charge in [0, 0.05) is 12.6 Å². The first kappa shape index (κ1) is 15.8. The second kappa shape index (κ2) is 6.48. The van der Waals surface area contributed by atoms with Crippen LogP contribution in [-0.4, -0.2) is 25.3 Å². The number of hydrogen-bond acceptors (Lipinski definition) is 4. The summed E-state index contributed by atoms with van der Waals surface area (Å²) in [4.78, 5) is 11.2. The van der Waals surface area contributed by atoms with E-state index < -0.39 is 5.97 Å². The molecule has 0 spiro atoms. The highest BCUT2D eigenvalue weighted by atomic mass is 16.5. The Balaban J connectivity index is 2.31. The summed E-state index contributed by atoms with van der Waals surface area (Å²) < 4.78 is 11.2. The fraction of sp³-hybridized carbons (Fsp3) is 0.588. The third-order valence-corrected chi connectivity index (χ3v) is 4.23. The van der Waals surface area contributed by atoms with Crippen LogP contribution >= 0.6 is 0 Å². The largest absolute Gasteiger partial charge is 0.550 e. The third-order valence-electron chi connectivity index (χ3n) is 4.23. The van der Waals surface area contributed by atoms with Gasteiger partial charge in [-0.3, -0.25) is 0 Å². The van der Waals surface area contributed by atoms with Crippen molar-refractivity contribution in [2.75, 3.05) is 13.7 Å². The molecule has 2 atom stereocenters. The Morgan fingerprint density at radius 2 is 2.19 bits per heavy atom. The molecule has 1 saturated heterocycles. The molecule has 1 aliphatic rings. The van der Waals surface area contributed by atoms with Gasteiger partial charge >= 0.3 is 0 Å². The van der Waals surface area contributed by atoms with E-state index in [1.807, 2.05) is 24.3 Å². The Morgan fingerprint density at radius 3 is 2.81 bits per heavy atom. The molecule has 0 bridgehead atoms. The summed E-state index contributed by atoms with van der Waals surface area (Å²) in [6.45, 7) is 4.77. The van der Waals surface area contributed by atoms with E-state index in [0.717, 1.165) is 24.2 Å². The molecule has 1 aliphatic heterocycles. The smallest absolute Gasteiger partial charge is 0.122 e. The highest BCUT2D eigenvalue weighted by Gasteiger charge is 2.35. The molecule has 4 nitrogen and oxygen atoms in total. The molecule has 0 N–H and O–H groups in total. The summed E-state index contributed by atoms with van der Waals surface area (Å²) >= 11 is 0. The summed E-state index contributed by atoms with van der Waals surface area (Å²) in [7, 11) is 1.61.